The van der Waals surface area contributed by atoms with Gasteiger partial charge in [0.2, 0.25) is 0 Å². The predicted molar refractivity (Wildman–Crippen MR) is 146 cm³/mol. The molecule has 1 N–H and O–H groups in total. The zero-order valence-corrected chi connectivity index (χ0v) is 20.8. The summed E-state index contributed by atoms with van der Waals surface area (Å²) in [6.45, 7) is 8.52. The molecule has 0 bridgehead atoms. The molecule has 0 heterocycles. The molecule has 0 spiro atoms. The lowest BCUT2D eigenvalue weighted by Gasteiger charge is -2.24. The van der Waals surface area contributed by atoms with Crippen LogP contribution in [0.2, 0.25) is 0 Å². The molecule has 1 radical (unpaired) electrons. The van der Waals surface area contributed by atoms with Crippen LogP contribution in [0.15, 0.2) is 90.0 Å². The molecule has 1 amide bonds. The average Bonchev–Trinajstić information content (AvgIpc) is 3.65. The van der Waals surface area contributed by atoms with Gasteiger partial charge in [0, 0.05) is 18.5 Å². The van der Waals surface area contributed by atoms with Gasteiger partial charge in [0.25, 0.3) is 5.91 Å². The third-order valence-corrected chi connectivity index (χ3v) is 7.16. The Labute approximate surface area is 212 Å². The van der Waals surface area contributed by atoms with Crippen LogP contribution in [0.1, 0.15) is 41.8 Å². The third-order valence-electron chi connectivity index (χ3n) is 7.16. The maximum Gasteiger partial charge on any atom is 0.251 e. The lowest BCUT2D eigenvalue weighted by molar-refractivity contribution is 0.0957. The van der Waals surface area contributed by atoms with Crippen molar-refractivity contribution in [2.75, 3.05) is 6.54 Å². The average molecular weight is 470 g/mol. The van der Waals surface area contributed by atoms with Crippen LogP contribution in [0.5, 0.6) is 0 Å². The second kappa shape index (κ2) is 9.47. The van der Waals surface area contributed by atoms with Crippen LogP contribution in [-0.2, 0) is 11.8 Å². The first-order valence-corrected chi connectivity index (χ1v) is 12.3. The maximum absolute atomic E-state index is 13.0. The highest BCUT2D eigenvalue weighted by atomic mass is 16.1. The predicted octanol–water partition coefficient (Wildman–Crippen LogP) is 5.16. The summed E-state index contributed by atoms with van der Waals surface area (Å²) in [6.07, 6.45) is 7.84. The van der Waals surface area contributed by atoms with Crippen molar-refractivity contribution in [3.63, 3.8) is 0 Å². The SMILES string of the molecule is C=C(/C=c1/cc(-c2ccccc2)cc/c1=C/C)CNC(=O)c1ccc2c(c1)[C@](C)(C#N)CC1=C([CH]1)C2. The molecule has 0 unspecified atom stereocenters. The lowest BCUT2D eigenvalue weighted by atomic mass is 9.77. The minimum absolute atomic E-state index is 0.158. The number of nitrogens with zero attached hydrogens (tertiary/aromatic N) is 1. The van der Waals surface area contributed by atoms with E-state index in [9.17, 15) is 10.1 Å². The second-order valence-corrected chi connectivity index (χ2v) is 9.85. The van der Waals surface area contributed by atoms with Gasteiger partial charge in [0.15, 0.2) is 0 Å². The van der Waals surface area contributed by atoms with Crippen LogP contribution in [0, 0.1) is 17.8 Å². The Morgan fingerprint density at radius 2 is 1.86 bits per heavy atom. The van der Waals surface area contributed by atoms with Crippen LogP contribution in [-0.4, -0.2) is 12.5 Å². The van der Waals surface area contributed by atoms with Gasteiger partial charge in [-0.3, -0.25) is 4.79 Å². The number of nitriles is 1. The molecule has 0 saturated carbocycles. The quantitative estimate of drug-likeness (QED) is 0.561. The molecular formula is C33H29N2O. The number of amides is 1. The Balaban J connectivity index is 1.34. The van der Waals surface area contributed by atoms with Gasteiger partial charge in [-0.1, -0.05) is 72.3 Å². The number of rotatable bonds is 5. The molecule has 0 aromatic heterocycles. The van der Waals surface area contributed by atoms with Gasteiger partial charge < -0.3 is 5.32 Å². The fourth-order valence-corrected chi connectivity index (χ4v) is 5.01. The van der Waals surface area contributed by atoms with E-state index in [4.69, 9.17) is 0 Å². The first kappa shape index (κ1) is 23.6. The van der Waals surface area contributed by atoms with Crippen LogP contribution < -0.4 is 15.8 Å². The third kappa shape index (κ3) is 4.68. The Hall–Kier alpha value is -4.16. The number of benzene rings is 3. The molecule has 2 aliphatic carbocycles. The van der Waals surface area contributed by atoms with Crippen molar-refractivity contribution in [1.82, 2.24) is 5.32 Å². The van der Waals surface area contributed by atoms with Gasteiger partial charge in [0.05, 0.1) is 11.5 Å². The molecule has 36 heavy (non-hydrogen) atoms. The largest absolute Gasteiger partial charge is 0.348 e. The van der Waals surface area contributed by atoms with Gasteiger partial charge in [-0.05, 0) is 89.2 Å². The van der Waals surface area contributed by atoms with E-state index in [1.54, 1.807) is 0 Å². The number of carbonyl (C=O) groups excluding carboxylic acids is 1. The normalized spacial score (nSPS) is 19.1. The van der Waals surface area contributed by atoms with Crippen LogP contribution in [0.25, 0.3) is 23.3 Å². The highest BCUT2D eigenvalue weighted by molar-refractivity contribution is 5.95. The van der Waals surface area contributed by atoms with Crippen molar-refractivity contribution in [1.29, 1.82) is 5.26 Å². The first-order valence-electron chi connectivity index (χ1n) is 12.3. The monoisotopic (exact) mass is 469 g/mol. The molecule has 2 aliphatic rings. The summed E-state index contributed by atoms with van der Waals surface area (Å²) in [6, 6.07) is 24.9. The van der Waals surface area contributed by atoms with Crippen molar-refractivity contribution < 1.29 is 4.79 Å². The van der Waals surface area contributed by atoms with E-state index in [1.807, 2.05) is 56.3 Å². The molecule has 3 heteroatoms. The first-order chi connectivity index (χ1) is 17.4. The van der Waals surface area contributed by atoms with Crippen molar-refractivity contribution in [3.8, 4) is 17.2 Å². The second-order valence-electron chi connectivity index (χ2n) is 9.85. The van der Waals surface area contributed by atoms with E-state index in [-0.39, 0.29) is 5.91 Å². The minimum atomic E-state index is -0.621. The zero-order chi connectivity index (χ0) is 25.3. The number of fused-ring (bicyclic) bond motifs is 1. The van der Waals surface area contributed by atoms with E-state index in [0.29, 0.717) is 18.5 Å². The number of nitrogens with one attached hydrogen (secondary N) is 1. The van der Waals surface area contributed by atoms with Crippen molar-refractivity contribution in [2.24, 2.45) is 0 Å². The summed E-state index contributed by atoms with van der Waals surface area (Å²) in [4.78, 5) is 13.0. The van der Waals surface area contributed by atoms with Crippen molar-refractivity contribution >= 4 is 18.1 Å². The van der Waals surface area contributed by atoms with Gasteiger partial charge in [-0.15, -0.1) is 0 Å². The molecule has 3 aromatic rings. The Bertz CT molecular complexity index is 1570. The summed E-state index contributed by atoms with van der Waals surface area (Å²) >= 11 is 0. The smallest absolute Gasteiger partial charge is 0.251 e. The number of hydrogen-bond acceptors (Lipinski definition) is 2. The molecule has 177 valence electrons. The Kier molecular flexibility index (Phi) is 6.20. The van der Waals surface area contributed by atoms with Crippen LogP contribution in [0.4, 0.5) is 0 Å². The van der Waals surface area contributed by atoms with Gasteiger partial charge in [-0.25, -0.2) is 0 Å². The van der Waals surface area contributed by atoms with E-state index < -0.39 is 5.41 Å². The Morgan fingerprint density at radius 1 is 1.06 bits per heavy atom. The Morgan fingerprint density at radius 3 is 2.61 bits per heavy atom. The summed E-state index contributed by atoms with van der Waals surface area (Å²) in [5.74, 6) is -0.158. The summed E-state index contributed by atoms with van der Waals surface area (Å²) < 4.78 is 0. The molecule has 3 nitrogen and oxygen atoms in total. The maximum atomic E-state index is 13.0. The summed E-state index contributed by atoms with van der Waals surface area (Å²) in [5.41, 5.74) is 7.78. The fraction of sp³-hybridized carbons (Fsp3) is 0.182. The number of hydrogen-bond donors (Lipinski definition) is 1. The van der Waals surface area contributed by atoms with Crippen molar-refractivity contribution in [2.45, 2.75) is 32.1 Å². The molecular weight excluding hydrogens is 440 g/mol. The highest BCUT2D eigenvalue weighted by Crippen LogP contribution is 2.47. The molecule has 5 rings (SSSR count). The standard InChI is InChI=1S/C33H29N2O/c1-4-23-10-11-25(24-8-6-5-7-9-24)15-28(23)14-22(2)20-35-32(36)27-13-12-26-16-29-17-30(29)19-33(3,21-34)31(26)18-27/h4-15,17-18H,2,16,19-20H2,1,3H3,(H,35,36)/b23-4-,28-14-/t33-/m0/s1. The van der Waals surface area contributed by atoms with E-state index in [2.05, 4.69) is 60.8 Å². The zero-order valence-electron chi connectivity index (χ0n) is 20.8. The van der Waals surface area contributed by atoms with E-state index in [0.717, 1.165) is 44.7 Å². The molecule has 1 atom stereocenters. The molecule has 0 aliphatic heterocycles. The van der Waals surface area contributed by atoms with Crippen molar-refractivity contribution in [3.05, 3.63) is 124 Å². The fourth-order valence-electron chi connectivity index (χ4n) is 5.01. The summed E-state index contributed by atoms with van der Waals surface area (Å²) in [7, 11) is 0. The number of carbonyl (C=O) groups is 1. The molecule has 0 saturated heterocycles. The van der Waals surface area contributed by atoms with Crippen LogP contribution >= 0.6 is 0 Å². The topological polar surface area (TPSA) is 52.9 Å². The molecule has 3 aromatic carbocycles. The van der Waals surface area contributed by atoms with Gasteiger partial charge in [0.1, 0.15) is 0 Å². The number of allylic oxidation sites excluding steroid dienone is 2. The summed E-state index contributed by atoms with van der Waals surface area (Å²) in [5, 5.41) is 15.1. The minimum Gasteiger partial charge on any atom is -0.348 e. The van der Waals surface area contributed by atoms with Gasteiger partial charge in [-0.2, -0.15) is 5.26 Å². The molecule has 0 fully saturated rings. The van der Waals surface area contributed by atoms with E-state index >= 15 is 0 Å². The van der Waals surface area contributed by atoms with Gasteiger partial charge >= 0.3 is 0 Å². The van der Waals surface area contributed by atoms with Crippen LogP contribution in [0.3, 0.4) is 0 Å². The van der Waals surface area contributed by atoms with E-state index in [1.165, 1.54) is 11.1 Å². The highest BCUT2D eigenvalue weighted by Gasteiger charge is 2.39. The lowest BCUT2D eigenvalue weighted by Crippen LogP contribution is -2.28.